The van der Waals surface area contributed by atoms with Gasteiger partial charge in [0.15, 0.2) is 9.84 Å². The van der Waals surface area contributed by atoms with E-state index < -0.39 is 9.84 Å². The van der Waals surface area contributed by atoms with Crippen molar-refractivity contribution >= 4 is 15.7 Å². The van der Waals surface area contributed by atoms with E-state index in [9.17, 15) is 17.6 Å². The molecule has 0 aliphatic carbocycles. The summed E-state index contributed by atoms with van der Waals surface area (Å²) >= 11 is 0. The lowest BCUT2D eigenvalue weighted by atomic mass is 10.2. The van der Waals surface area contributed by atoms with Crippen LogP contribution in [-0.4, -0.2) is 57.5 Å². The monoisotopic (exact) mass is 344 g/mol. The molecule has 1 aromatic rings. The Hall–Kier alpha value is -1.67. The number of nitrogens with zero attached hydrogens (tertiary/aromatic N) is 1. The normalized spacial score (nSPS) is 19.7. The van der Waals surface area contributed by atoms with E-state index >= 15 is 0 Å². The first-order valence-electron chi connectivity index (χ1n) is 7.30. The minimum absolute atomic E-state index is 0.000172. The van der Waals surface area contributed by atoms with E-state index in [1.807, 2.05) is 0 Å². The van der Waals surface area contributed by atoms with Gasteiger partial charge in [-0.05, 0) is 31.7 Å². The third-order valence-electron chi connectivity index (χ3n) is 3.69. The Morgan fingerprint density at radius 2 is 2.22 bits per heavy atom. The highest BCUT2D eigenvalue weighted by molar-refractivity contribution is 7.91. The van der Waals surface area contributed by atoms with Crippen molar-refractivity contribution in [1.82, 2.24) is 10.2 Å². The van der Waals surface area contributed by atoms with Crippen molar-refractivity contribution in [2.75, 3.05) is 32.2 Å². The molecule has 0 aromatic heterocycles. The Morgan fingerprint density at radius 1 is 1.48 bits per heavy atom. The molecule has 23 heavy (non-hydrogen) atoms. The maximum Gasteiger partial charge on any atom is 0.234 e. The van der Waals surface area contributed by atoms with Crippen LogP contribution in [0.4, 0.5) is 4.39 Å². The molecule has 2 rings (SSSR count). The number of sulfone groups is 1. The zero-order valence-electron chi connectivity index (χ0n) is 13.2. The van der Waals surface area contributed by atoms with Gasteiger partial charge in [0, 0.05) is 18.2 Å². The molecule has 1 unspecified atom stereocenters. The van der Waals surface area contributed by atoms with Crippen LogP contribution in [0.1, 0.15) is 12.0 Å². The summed E-state index contributed by atoms with van der Waals surface area (Å²) in [5, 5.41) is 2.73. The number of amides is 1. The van der Waals surface area contributed by atoms with Gasteiger partial charge in [-0.3, -0.25) is 9.69 Å². The fourth-order valence-electron chi connectivity index (χ4n) is 2.64. The Kier molecular flexibility index (Phi) is 5.59. The van der Waals surface area contributed by atoms with Crippen LogP contribution >= 0.6 is 0 Å². The van der Waals surface area contributed by atoms with Crippen molar-refractivity contribution in [3.63, 3.8) is 0 Å². The molecule has 1 atom stereocenters. The maximum absolute atomic E-state index is 13.3. The number of nitrogens with one attached hydrogen (secondary N) is 1. The van der Waals surface area contributed by atoms with Crippen LogP contribution in [-0.2, 0) is 21.2 Å². The van der Waals surface area contributed by atoms with Gasteiger partial charge < -0.3 is 10.1 Å². The summed E-state index contributed by atoms with van der Waals surface area (Å²) in [5.74, 6) is 0.0642. The van der Waals surface area contributed by atoms with Gasteiger partial charge >= 0.3 is 0 Å². The summed E-state index contributed by atoms with van der Waals surface area (Å²) in [6.45, 7) is 0.438. The number of rotatable bonds is 6. The predicted molar refractivity (Wildman–Crippen MR) is 84.5 cm³/mol. The summed E-state index contributed by atoms with van der Waals surface area (Å²) in [7, 11) is 0.217. The number of methoxy groups -OCH3 is 1. The second-order valence-corrected chi connectivity index (χ2v) is 8.02. The van der Waals surface area contributed by atoms with Gasteiger partial charge in [0.2, 0.25) is 5.91 Å². The smallest absolute Gasteiger partial charge is 0.234 e. The van der Waals surface area contributed by atoms with Crippen molar-refractivity contribution in [2.45, 2.75) is 19.0 Å². The number of hydrogen-bond donors (Lipinski definition) is 1. The predicted octanol–water partition coefficient (Wildman–Crippen LogP) is 0.569. The molecule has 1 heterocycles. The van der Waals surface area contributed by atoms with Gasteiger partial charge in [0.1, 0.15) is 11.6 Å². The van der Waals surface area contributed by atoms with Crippen LogP contribution in [0.3, 0.4) is 0 Å². The van der Waals surface area contributed by atoms with Crippen molar-refractivity contribution in [2.24, 2.45) is 0 Å². The molecule has 1 aliphatic heterocycles. The number of hydrogen-bond acceptors (Lipinski definition) is 5. The van der Waals surface area contributed by atoms with E-state index in [4.69, 9.17) is 4.74 Å². The molecule has 1 N–H and O–H groups in total. The second kappa shape index (κ2) is 7.27. The van der Waals surface area contributed by atoms with Gasteiger partial charge in [-0.1, -0.05) is 0 Å². The van der Waals surface area contributed by atoms with Crippen LogP contribution in [0.15, 0.2) is 18.2 Å². The summed E-state index contributed by atoms with van der Waals surface area (Å²) in [6.07, 6.45) is 0.454. The highest BCUT2D eigenvalue weighted by Crippen LogP contribution is 2.20. The van der Waals surface area contributed by atoms with E-state index in [1.165, 1.54) is 19.2 Å². The number of ether oxygens (including phenoxy) is 1. The summed E-state index contributed by atoms with van der Waals surface area (Å²) in [4.78, 5) is 13.7. The maximum atomic E-state index is 13.3. The van der Waals surface area contributed by atoms with E-state index in [2.05, 4.69) is 5.32 Å². The lowest BCUT2D eigenvalue weighted by Gasteiger charge is -2.19. The molecule has 0 radical (unpaired) electrons. The number of likely N-dealkylation sites (N-methyl/N-ethyl adjacent to an activating group) is 1. The summed E-state index contributed by atoms with van der Waals surface area (Å²) in [6, 6.07) is 3.92. The molecule has 6 nitrogen and oxygen atoms in total. The Bertz CT molecular complexity index is 678. The van der Waals surface area contributed by atoms with Crippen LogP contribution in [0.2, 0.25) is 0 Å². The average Bonchev–Trinajstić information content (AvgIpc) is 2.77. The molecular weight excluding hydrogens is 323 g/mol. The summed E-state index contributed by atoms with van der Waals surface area (Å²) < 4.78 is 41.3. The molecule has 128 valence electrons. The first kappa shape index (κ1) is 17.7. The molecular formula is C15H21FN2O4S. The zero-order valence-corrected chi connectivity index (χ0v) is 14.0. The van der Waals surface area contributed by atoms with Crippen molar-refractivity contribution in [1.29, 1.82) is 0 Å². The highest BCUT2D eigenvalue weighted by Gasteiger charge is 2.29. The van der Waals surface area contributed by atoms with Crippen LogP contribution in [0.25, 0.3) is 0 Å². The molecule has 0 saturated carbocycles. The molecule has 1 amide bonds. The highest BCUT2D eigenvalue weighted by atomic mass is 32.2. The van der Waals surface area contributed by atoms with Gasteiger partial charge in [0.25, 0.3) is 0 Å². The van der Waals surface area contributed by atoms with Gasteiger partial charge in [0.05, 0.1) is 25.2 Å². The third kappa shape index (κ3) is 5.18. The molecule has 1 fully saturated rings. The molecule has 0 bridgehead atoms. The Balaban J connectivity index is 1.88. The van der Waals surface area contributed by atoms with Gasteiger partial charge in [-0.15, -0.1) is 0 Å². The molecule has 8 heteroatoms. The van der Waals surface area contributed by atoms with Gasteiger partial charge in [-0.2, -0.15) is 0 Å². The fourth-order valence-corrected chi connectivity index (χ4v) is 4.32. The van der Waals surface area contributed by atoms with E-state index in [0.29, 0.717) is 24.3 Å². The number of carbonyl (C=O) groups is 1. The van der Waals surface area contributed by atoms with E-state index in [1.54, 1.807) is 18.0 Å². The third-order valence-corrected chi connectivity index (χ3v) is 5.46. The second-order valence-electron chi connectivity index (χ2n) is 5.80. The standard InChI is InChI=1S/C15H21FN2O4S/c1-18(8-11-7-12(16)3-4-14(11)22-2)9-15(19)17-13-5-6-23(20,21)10-13/h3-4,7,13H,5-6,8-10H2,1-2H3,(H,17,19). The first-order valence-corrected chi connectivity index (χ1v) is 9.12. The Labute approximate surface area is 135 Å². The largest absolute Gasteiger partial charge is 0.496 e. The van der Waals surface area contributed by atoms with E-state index in [0.717, 1.165) is 0 Å². The quantitative estimate of drug-likeness (QED) is 0.817. The minimum atomic E-state index is -3.02. The average molecular weight is 344 g/mol. The van der Waals surface area contributed by atoms with Gasteiger partial charge in [-0.25, -0.2) is 12.8 Å². The van der Waals surface area contributed by atoms with Crippen LogP contribution < -0.4 is 10.1 Å². The lowest BCUT2D eigenvalue weighted by molar-refractivity contribution is -0.122. The topological polar surface area (TPSA) is 75.7 Å². The SMILES string of the molecule is COc1ccc(F)cc1CN(C)CC(=O)NC1CCS(=O)(=O)C1. The molecule has 1 aromatic carbocycles. The number of benzene rings is 1. The molecule has 1 saturated heterocycles. The van der Waals surface area contributed by atoms with Crippen LogP contribution in [0, 0.1) is 5.82 Å². The first-order chi connectivity index (χ1) is 10.8. The summed E-state index contributed by atoms with van der Waals surface area (Å²) in [5.41, 5.74) is 0.645. The number of halogens is 1. The lowest BCUT2D eigenvalue weighted by Crippen LogP contribution is -2.41. The van der Waals surface area contributed by atoms with Crippen molar-refractivity contribution in [3.8, 4) is 5.75 Å². The molecule has 1 aliphatic rings. The van der Waals surface area contributed by atoms with Crippen molar-refractivity contribution < 1.29 is 22.3 Å². The number of carbonyl (C=O) groups excluding carboxylic acids is 1. The van der Waals surface area contributed by atoms with E-state index in [-0.39, 0.29) is 35.8 Å². The Morgan fingerprint density at radius 3 is 2.83 bits per heavy atom. The van der Waals surface area contributed by atoms with Crippen molar-refractivity contribution in [3.05, 3.63) is 29.6 Å². The fraction of sp³-hybridized carbons (Fsp3) is 0.533. The zero-order chi connectivity index (χ0) is 17.0. The van der Waals surface area contributed by atoms with Crippen LogP contribution in [0.5, 0.6) is 5.75 Å². The minimum Gasteiger partial charge on any atom is -0.496 e. The molecule has 0 spiro atoms.